The fourth-order valence-corrected chi connectivity index (χ4v) is 4.43. The Balaban J connectivity index is 1.77. The van der Waals surface area contributed by atoms with Crippen LogP contribution in [0.25, 0.3) is 0 Å². The van der Waals surface area contributed by atoms with Crippen molar-refractivity contribution >= 4 is 27.5 Å². The smallest absolute Gasteiger partial charge is 0.241 e. The van der Waals surface area contributed by atoms with E-state index in [4.69, 9.17) is 11.6 Å². The summed E-state index contributed by atoms with van der Waals surface area (Å²) in [6.45, 7) is 2.18. The number of nitrogens with one attached hydrogen (secondary N) is 1. The highest BCUT2D eigenvalue weighted by Crippen LogP contribution is 2.31. The lowest BCUT2D eigenvalue weighted by Gasteiger charge is -2.17. The zero-order valence-electron chi connectivity index (χ0n) is 11.7. The van der Waals surface area contributed by atoms with Gasteiger partial charge in [0.15, 0.2) is 0 Å². The molecule has 1 saturated heterocycles. The first-order valence-electron chi connectivity index (χ1n) is 6.95. The second-order valence-corrected chi connectivity index (χ2v) is 7.83. The molecule has 0 radical (unpaired) electrons. The highest BCUT2D eigenvalue weighted by atomic mass is 35.5. The van der Waals surface area contributed by atoms with Gasteiger partial charge in [0, 0.05) is 30.1 Å². The van der Waals surface area contributed by atoms with E-state index in [2.05, 4.69) is 4.72 Å². The van der Waals surface area contributed by atoms with Gasteiger partial charge in [-0.1, -0.05) is 17.7 Å². The Morgan fingerprint density at radius 3 is 2.71 bits per heavy atom. The Morgan fingerprint density at radius 2 is 2.05 bits per heavy atom. The van der Waals surface area contributed by atoms with Crippen molar-refractivity contribution in [2.45, 2.75) is 43.2 Å². The molecule has 1 unspecified atom stereocenters. The number of rotatable bonds is 4. The first kappa shape index (κ1) is 14.8. The highest BCUT2D eigenvalue weighted by Gasteiger charge is 2.40. The van der Waals surface area contributed by atoms with E-state index in [-0.39, 0.29) is 23.3 Å². The molecule has 3 rings (SSSR count). The highest BCUT2D eigenvalue weighted by molar-refractivity contribution is 7.89. The maximum atomic E-state index is 12.5. The van der Waals surface area contributed by atoms with Gasteiger partial charge >= 0.3 is 0 Å². The predicted molar refractivity (Wildman–Crippen MR) is 79.7 cm³/mol. The summed E-state index contributed by atoms with van der Waals surface area (Å²) < 4.78 is 27.6. The third-order valence-corrected chi connectivity index (χ3v) is 5.81. The minimum atomic E-state index is -3.66. The topological polar surface area (TPSA) is 66.5 Å². The van der Waals surface area contributed by atoms with Crippen molar-refractivity contribution in [1.29, 1.82) is 0 Å². The van der Waals surface area contributed by atoms with Crippen molar-refractivity contribution in [3.63, 3.8) is 0 Å². The number of benzene rings is 1. The van der Waals surface area contributed by atoms with Crippen LogP contribution in [0.2, 0.25) is 5.02 Å². The Kier molecular flexibility index (Phi) is 3.71. The van der Waals surface area contributed by atoms with Gasteiger partial charge in [0.2, 0.25) is 15.9 Å². The van der Waals surface area contributed by atoms with E-state index in [0.717, 1.165) is 12.8 Å². The van der Waals surface area contributed by atoms with Crippen molar-refractivity contribution in [1.82, 2.24) is 9.62 Å². The summed E-state index contributed by atoms with van der Waals surface area (Å²) in [5, 5.41) is 0.378. The van der Waals surface area contributed by atoms with E-state index in [1.807, 2.05) is 0 Å². The third kappa shape index (κ3) is 3.07. The van der Waals surface area contributed by atoms with Gasteiger partial charge in [0.05, 0.1) is 4.90 Å². The molecular weight excluding hydrogens is 312 g/mol. The zero-order valence-corrected chi connectivity index (χ0v) is 13.2. The molecule has 1 atom stereocenters. The van der Waals surface area contributed by atoms with E-state index >= 15 is 0 Å². The van der Waals surface area contributed by atoms with Crippen molar-refractivity contribution in [2.24, 2.45) is 0 Å². The molecule has 1 aliphatic heterocycles. The van der Waals surface area contributed by atoms with E-state index in [1.54, 1.807) is 24.0 Å². The molecule has 21 heavy (non-hydrogen) atoms. The van der Waals surface area contributed by atoms with E-state index < -0.39 is 10.0 Å². The Hall–Kier alpha value is -1.11. The monoisotopic (exact) mass is 328 g/mol. The van der Waals surface area contributed by atoms with Crippen LogP contribution in [0.4, 0.5) is 0 Å². The number of hydrogen-bond acceptors (Lipinski definition) is 3. The molecule has 1 aliphatic carbocycles. The molecule has 1 aromatic carbocycles. The summed E-state index contributed by atoms with van der Waals surface area (Å²) >= 11 is 5.88. The van der Waals surface area contributed by atoms with Gasteiger partial charge in [0.1, 0.15) is 0 Å². The van der Waals surface area contributed by atoms with E-state index in [0.29, 0.717) is 23.2 Å². The van der Waals surface area contributed by atoms with Gasteiger partial charge in [-0.3, -0.25) is 4.79 Å². The van der Waals surface area contributed by atoms with Gasteiger partial charge < -0.3 is 4.90 Å². The molecule has 0 spiro atoms. The van der Waals surface area contributed by atoms with E-state index in [9.17, 15) is 13.2 Å². The van der Waals surface area contributed by atoms with Crippen LogP contribution >= 0.6 is 11.6 Å². The number of aryl methyl sites for hydroxylation is 1. The number of likely N-dealkylation sites (tertiary alicyclic amines) is 1. The lowest BCUT2D eigenvalue weighted by molar-refractivity contribution is -0.128. The van der Waals surface area contributed by atoms with Gasteiger partial charge in [-0.2, -0.15) is 0 Å². The van der Waals surface area contributed by atoms with Crippen LogP contribution in [0.1, 0.15) is 24.8 Å². The number of sulfonamides is 1. The van der Waals surface area contributed by atoms with E-state index in [1.165, 1.54) is 6.07 Å². The average Bonchev–Trinajstić information content (AvgIpc) is 3.17. The van der Waals surface area contributed by atoms with Gasteiger partial charge in [-0.25, -0.2) is 13.1 Å². The lowest BCUT2D eigenvalue weighted by Crippen LogP contribution is -2.37. The predicted octanol–water partition coefficient (Wildman–Crippen LogP) is 1.69. The van der Waals surface area contributed by atoms with Crippen LogP contribution in [0.15, 0.2) is 23.1 Å². The molecule has 1 heterocycles. The first-order valence-corrected chi connectivity index (χ1v) is 8.81. The minimum absolute atomic E-state index is 0.0352. The maximum absolute atomic E-state index is 12.5. The fraction of sp³-hybridized carbons (Fsp3) is 0.500. The second kappa shape index (κ2) is 5.26. The molecule has 2 aliphatic rings. The molecule has 1 saturated carbocycles. The molecule has 114 valence electrons. The van der Waals surface area contributed by atoms with Crippen LogP contribution in [0.5, 0.6) is 0 Å². The zero-order chi connectivity index (χ0) is 15.2. The molecule has 7 heteroatoms. The molecular formula is C14H17ClN2O3S. The Bertz CT molecular complexity index is 685. The summed E-state index contributed by atoms with van der Waals surface area (Å²) in [6.07, 6.45) is 2.28. The van der Waals surface area contributed by atoms with Crippen molar-refractivity contribution in [3.8, 4) is 0 Å². The summed E-state index contributed by atoms with van der Waals surface area (Å²) in [7, 11) is -3.66. The summed E-state index contributed by atoms with van der Waals surface area (Å²) in [5.41, 5.74) is 0.635. The molecule has 1 aromatic rings. The number of amides is 1. The largest absolute Gasteiger partial charge is 0.338 e. The molecule has 2 fully saturated rings. The van der Waals surface area contributed by atoms with Crippen LogP contribution in [0.3, 0.4) is 0 Å². The Labute approximate surface area is 129 Å². The van der Waals surface area contributed by atoms with Crippen molar-refractivity contribution in [2.75, 3.05) is 6.54 Å². The molecule has 0 aromatic heterocycles. The number of halogens is 1. The first-order chi connectivity index (χ1) is 9.87. The quantitative estimate of drug-likeness (QED) is 0.914. The van der Waals surface area contributed by atoms with Crippen LogP contribution < -0.4 is 4.72 Å². The Morgan fingerprint density at radius 1 is 1.33 bits per heavy atom. The number of nitrogens with zero attached hydrogens (tertiary/aromatic N) is 1. The van der Waals surface area contributed by atoms with Crippen LogP contribution in [0, 0.1) is 6.92 Å². The van der Waals surface area contributed by atoms with Gasteiger partial charge in [-0.05, 0) is 37.5 Å². The number of hydrogen-bond donors (Lipinski definition) is 1. The van der Waals surface area contributed by atoms with Crippen molar-refractivity contribution in [3.05, 3.63) is 28.8 Å². The maximum Gasteiger partial charge on any atom is 0.241 e. The normalized spacial score (nSPS) is 22.9. The molecule has 1 N–H and O–H groups in total. The average molecular weight is 329 g/mol. The number of carbonyl (C=O) groups excluding carboxylic acids is 1. The fourth-order valence-electron chi connectivity index (χ4n) is 2.70. The lowest BCUT2D eigenvalue weighted by atomic mass is 10.2. The second-order valence-electron chi connectivity index (χ2n) is 5.71. The molecule has 0 bridgehead atoms. The third-order valence-electron chi connectivity index (χ3n) is 3.91. The number of carbonyl (C=O) groups is 1. The molecule has 1 amide bonds. The SMILES string of the molecule is Cc1ccc(Cl)cc1S(=O)(=O)NC1CC(=O)N(C2CC2)C1. The standard InChI is InChI=1S/C14H17ClN2O3S/c1-9-2-3-10(15)6-13(9)21(19,20)16-11-7-14(18)17(8-11)12-4-5-12/h2-3,6,11-12,16H,4-5,7-8H2,1H3. The summed E-state index contributed by atoms with van der Waals surface area (Å²) in [5.74, 6) is 0.0352. The molecule has 5 nitrogen and oxygen atoms in total. The summed E-state index contributed by atoms with van der Waals surface area (Å²) in [6, 6.07) is 4.73. The summed E-state index contributed by atoms with van der Waals surface area (Å²) in [4.78, 5) is 13.8. The van der Waals surface area contributed by atoms with Gasteiger partial charge in [-0.15, -0.1) is 0 Å². The van der Waals surface area contributed by atoms with Gasteiger partial charge in [0.25, 0.3) is 0 Å². The van der Waals surface area contributed by atoms with Crippen LogP contribution in [-0.2, 0) is 14.8 Å². The van der Waals surface area contributed by atoms with Crippen molar-refractivity contribution < 1.29 is 13.2 Å². The minimum Gasteiger partial charge on any atom is -0.338 e. The van der Waals surface area contributed by atoms with Crippen LogP contribution in [-0.4, -0.2) is 37.9 Å².